The van der Waals surface area contributed by atoms with Crippen LogP contribution in [0, 0.1) is 5.41 Å². The van der Waals surface area contributed by atoms with Gasteiger partial charge < -0.3 is 29.7 Å². The van der Waals surface area contributed by atoms with Crippen molar-refractivity contribution in [3.05, 3.63) is 63.8 Å². The average Bonchev–Trinajstić information content (AvgIpc) is 2.82. The highest BCUT2D eigenvalue weighted by atomic mass is 79.9. The lowest BCUT2D eigenvalue weighted by Gasteiger charge is -2.30. The third-order valence-electron chi connectivity index (χ3n) is 5.58. The number of carboxylic acids is 1. The van der Waals surface area contributed by atoms with Crippen molar-refractivity contribution in [3.8, 4) is 17.2 Å². The van der Waals surface area contributed by atoms with Crippen LogP contribution in [-0.2, 0) is 11.4 Å². The lowest BCUT2D eigenvalue weighted by atomic mass is 9.86. The van der Waals surface area contributed by atoms with Gasteiger partial charge in [-0.05, 0) is 52.7 Å². The summed E-state index contributed by atoms with van der Waals surface area (Å²) in [7, 11) is 3.06. The van der Waals surface area contributed by atoms with Crippen LogP contribution in [-0.4, -0.2) is 48.8 Å². The Balaban J connectivity index is 2.33. The highest BCUT2D eigenvalue weighted by molar-refractivity contribution is 9.10. The van der Waals surface area contributed by atoms with Gasteiger partial charge in [0.2, 0.25) is 5.78 Å². The minimum atomic E-state index is -1.38. The van der Waals surface area contributed by atoms with Crippen molar-refractivity contribution in [3.63, 3.8) is 0 Å². The first-order valence-corrected chi connectivity index (χ1v) is 11.3. The fraction of sp³-hybridized carbons (Fsp3) is 0.360. The van der Waals surface area contributed by atoms with Crippen molar-refractivity contribution in [1.82, 2.24) is 5.32 Å². The molecule has 2 aromatic carbocycles. The third kappa shape index (κ3) is 6.74. The minimum Gasteiger partial charge on any atom is -0.497 e. The molecule has 0 radical (unpaired) electrons. The Morgan fingerprint density at radius 2 is 1.76 bits per heavy atom. The van der Waals surface area contributed by atoms with Gasteiger partial charge in [0.25, 0.3) is 0 Å². The number of carbonyl (C=O) groups is 2. The first-order chi connectivity index (χ1) is 16.0. The van der Waals surface area contributed by atoms with Crippen molar-refractivity contribution >= 4 is 27.7 Å². The summed E-state index contributed by atoms with van der Waals surface area (Å²) in [5, 5.41) is 22.1. The van der Waals surface area contributed by atoms with Crippen molar-refractivity contribution < 1.29 is 34.0 Å². The number of Topliss-reactive ketones (excluding diaryl/α,β-unsaturated/α-hetero) is 1. The quantitative estimate of drug-likeness (QED) is 0.160. The zero-order valence-electron chi connectivity index (χ0n) is 19.8. The second-order valence-corrected chi connectivity index (χ2v) is 9.20. The van der Waals surface area contributed by atoms with Gasteiger partial charge in [-0.2, -0.15) is 0 Å². The summed E-state index contributed by atoms with van der Waals surface area (Å²) in [5.41, 5.74) is 0.00356. The van der Waals surface area contributed by atoms with E-state index < -0.39 is 22.7 Å². The average molecular weight is 536 g/mol. The van der Waals surface area contributed by atoms with Gasteiger partial charge in [0, 0.05) is 27.7 Å². The number of methoxy groups -OCH3 is 2. The summed E-state index contributed by atoms with van der Waals surface area (Å²) >= 11 is 3.33. The van der Waals surface area contributed by atoms with Crippen molar-refractivity contribution in [2.24, 2.45) is 5.41 Å². The third-order valence-corrected chi connectivity index (χ3v) is 6.24. The van der Waals surface area contributed by atoms with Gasteiger partial charge in [-0.25, -0.2) is 4.79 Å². The number of carboxylic acid groups (broad SMARTS) is 1. The van der Waals surface area contributed by atoms with E-state index in [2.05, 4.69) is 21.2 Å². The van der Waals surface area contributed by atoms with Gasteiger partial charge in [-0.15, -0.1) is 0 Å². The molecule has 34 heavy (non-hydrogen) atoms. The lowest BCUT2D eigenvalue weighted by molar-refractivity contribution is -0.132. The maximum Gasteiger partial charge on any atom is 0.341 e. The molecule has 2 rings (SSSR count). The molecule has 0 amide bonds. The topological polar surface area (TPSA) is 114 Å². The van der Waals surface area contributed by atoms with E-state index in [4.69, 9.17) is 14.2 Å². The number of benzene rings is 2. The number of nitrogens with one attached hydrogen (secondary N) is 1. The van der Waals surface area contributed by atoms with Crippen LogP contribution in [0.1, 0.15) is 36.7 Å². The Labute approximate surface area is 207 Å². The van der Waals surface area contributed by atoms with E-state index in [9.17, 15) is 19.8 Å². The molecule has 184 valence electrons. The first kappa shape index (κ1) is 27.2. The van der Waals surface area contributed by atoms with Crippen LogP contribution in [0.2, 0.25) is 0 Å². The van der Waals surface area contributed by atoms with Crippen LogP contribution < -0.4 is 19.5 Å². The van der Waals surface area contributed by atoms with Crippen LogP contribution in [0.25, 0.3) is 0 Å². The smallest absolute Gasteiger partial charge is 0.341 e. The number of ether oxygens (including phenoxy) is 3. The zero-order chi connectivity index (χ0) is 25.5. The van der Waals surface area contributed by atoms with Gasteiger partial charge >= 0.3 is 5.97 Å². The molecular formula is C25H30BrNO7. The predicted molar refractivity (Wildman–Crippen MR) is 132 cm³/mol. The maximum absolute atomic E-state index is 13.2. The molecule has 0 heterocycles. The number of rotatable bonds is 12. The standard InChI is InChI=1S/C25H30BrNO7/c1-15(25(2,3)14-28)27-12-19(24(30)31)23(29)18-10-22(21(33-5)11-20(18)26)34-13-16-6-8-17(32-4)9-7-16/h6-12,15,27-28H,13-14H2,1-5H3,(H,30,31). The molecule has 8 nitrogen and oxygen atoms in total. The van der Waals surface area contributed by atoms with E-state index in [1.807, 2.05) is 38.1 Å². The Bertz CT molecular complexity index is 1050. The number of halogens is 1. The lowest BCUT2D eigenvalue weighted by Crippen LogP contribution is -2.40. The van der Waals surface area contributed by atoms with Crippen LogP contribution in [0.3, 0.4) is 0 Å². The molecule has 9 heteroatoms. The van der Waals surface area contributed by atoms with Crippen molar-refractivity contribution in [2.75, 3.05) is 20.8 Å². The number of carbonyl (C=O) groups excluding carboxylic acids is 1. The summed E-state index contributed by atoms with van der Waals surface area (Å²) in [4.78, 5) is 25.0. The Hall–Kier alpha value is -3.04. The fourth-order valence-corrected chi connectivity index (χ4v) is 3.31. The summed E-state index contributed by atoms with van der Waals surface area (Å²) in [6.07, 6.45) is 1.17. The van der Waals surface area contributed by atoms with Crippen LogP contribution in [0.15, 0.2) is 52.6 Å². The van der Waals surface area contributed by atoms with Gasteiger partial charge in [-0.1, -0.05) is 26.0 Å². The number of hydrogen-bond donors (Lipinski definition) is 3. The monoisotopic (exact) mass is 535 g/mol. The maximum atomic E-state index is 13.2. The summed E-state index contributed by atoms with van der Waals surface area (Å²) in [6.45, 7) is 5.54. The molecule has 0 saturated carbocycles. The SMILES string of the molecule is COc1ccc(COc2cc(C(=O)C(=CNC(C)C(C)(C)CO)C(=O)O)c(Br)cc2OC)cc1. The van der Waals surface area contributed by atoms with Crippen molar-refractivity contribution in [2.45, 2.75) is 33.4 Å². The molecule has 1 atom stereocenters. The molecule has 0 aliphatic carbocycles. The molecule has 0 bridgehead atoms. The van der Waals surface area contributed by atoms with Crippen LogP contribution in [0.4, 0.5) is 0 Å². The predicted octanol–water partition coefficient (Wildman–Crippen LogP) is 4.19. The second-order valence-electron chi connectivity index (χ2n) is 8.35. The number of aliphatic hydroxyl groups is 1. The number of aliphatic hydroxyl groups excluding tert-OH is 1. The summed E-state index contributed by atoms with van der Waals surface area (Å²) in [6, 6.07) is 10.0. The molecule has 0 spiro atoms. The van der Waals surface area contributed by atoms with E-state index in [-0.39, 0.29) is 30.6 Å². The molecule has 0 fully saturated rings. The number of hydrogen-bond acceptors (Lipinski definition) is 7. The minimum absolute atomic E-state index is 0.107. The molecule has 0 aromatic heterocycles. The van der Waals surface area contributed by atoms with E-state index in [0.717, 1.165) is 11.3 Å². The van der Waals surface area contributed by atoms with Gasteiger partial charge in [0.05, 0.1) is 20.8 Å². The van der Waals surface area contributed by atoms with E-state index in [0.29, 0.717) is 10.2 Å². The molecule has 0 saturated heterocycles. The van der Waals surface area contributed by atoms with Crippen LogP contribution >= 0.6 is 15.9 Å². The Morgan fingerprint density at radius 3 is 2.29 bits per heavy atom. The molecule has 0 aliphatic heterocycles. The van der Waals surface area contributed by atoms with Crippen molar-refractivity contribution in [1.29, 1.82) is 0 Å². The van der Waals surface area contributed by atoms with E-state index in [1.54, 1.807) is 20.1 Å². The Morgan fingerprint density at radius 1 is 1.12 bits per heavy atom. The molecule has 3 N–H and O–H groups in total. The highest BCUT2D eigenvalue weighted by Gasteiger charge is 2.27. The molecular weight excluding hydrogens is 506 g/mol. The van der Waals surface area contributed by atoms with Crippen LogP contribution in [0.5, 0.6) is 17.2 Å². The first-order valence-electron chi connectivity index (χ1n) is 10.5. The number of ketones is 1. The van der Waals surface area contributed by atoms with Gasteiger partial charge in [0.15, 0.2) is 11.5 Å². The fourth-order valence-electron chi connectivity index (χ4n) is 2.80. The van der Waals surface area contributed by atoms with Gasteiger partial charge in [-0.3, -0.25) is 4.79 Å². The zero-order valence-corrected chi connectivity index (χ0v) is 21.4. The highest BCUT2D eigenvalue weighted by Crippen LogP contribution is 2.35. The van der Waals surface area contributed by atoms with E-state index in [1.165, 1.54) is 19.4 Å². The number of aliphatic carboxylic acids is 1. The normalized spacial score (nSPS) is 12.6. The largest absolute Gasteiger partial charge is 0.497 e. The Kier molecular flexibility index (Phi) is 9.52. The second kappa shape index (κ2) is 11.9. The summed E-state index contributed by atoms with van der Waals surface area (Å²) in [5.74, 6) is -0.699. The molecule has 2 aromatic rings. The van der Waals surface area contributed by atoms with Gasteiger partial charge in [0.1, 0.15) is 17.9 Å². The van der Waals surface area contributed by atoms with E-state index >= 15 is 0 Å². The summed E-state index contributed by atoms with van der Waals surface area (Å²) < 4.78 is 16.8. The molecule has 0 aliphatic rings. The molecule has 1 unspecified atom stereocenters.